The lowest BCUT2D eigenvalue weighted by Gasteiger charge is -2.38. The summed E-state index contributed by atoms with van der Waals surface area (Å²) in [7, 11) is 0. The average Bonchev–Trinajstić information content (AvgIpc) is 2.43. The Hall–Kier alpha value is -1.37. The van der Waals surface area contributed by atoms with Crippen molar-refractivity contribution < 1.29 is 19.0 Å². The number of amides is 2. The molecule has 1 aliphatic rings. The first-order valence-electron chi connectivity index (χ1n) is 6.61. The maximum Gasteiger partial charge on any atom is 0.315 e. The molecular weight excluding hydrogens is 299 g/mol. The minimum atomic E-state index is -0.692. The largest absolute Gasteiger partial charge is 0.394 e. The van der Waals surface area contributed by atoms with Gasteiger partial charge < -0.3 is 20.5 Å². The van der Waals surface area contributed by atoms with Crippen molar-refractivity contribution in [3.8, 4) is 0 Å². The van der Waals surface area contributed by atoms with E-state index in [0.717, 1.165) is 0 Å². The van der Waals surface area contributed by atoms with Crippen LogP contribution >= 0.6 is 11.6 Å². The Morgan fingerprint density at radius 1 is 1.57 bits per heavy atom. The van der Waals surface area contributed by atoms with E-state index in [1.807, 2.05) is 6.92 Å². The summed E-state index contributed by atoms with van der Waals surface area (Å²) >= 11 is 5.61. The van der Waals surface area contributed by atoms with Crippen LogP contribution in [0, 0.1) is 11.2 Å². The molecule has 1 saturated heterocycles. The Labute approximate surface area is 127 Å². The van der Waals surface area contributed by atoms with Gasteiger partial charge in [0.05, 0.1) is 30.9 Å². The van der Waals surface area contributed by atoms with Crippen molar-refractivity contribution in [2.24, 2.45) is 5.41 Å². The molecule has 3 N–H and O–H groups in total. The van der Waals surface area contributed by atoms with E-state index >= 15 is 0 Å². The van der Waals surface area contributed by atoms with Crippen LogP contribution in [0.3, 0.4) is 0 Å². The first-order valence-corrected chi connectivity index (χ1v) is 6.99. The Morgan fingerprint density at radius 2 is 2.29 bits per heavy atom. The van der Waals surface area contributed by atoms with E-state index in [-0.39, 0.29) is 17.0 Å². The van der Waals surface area contributed by atoms with Crippen LogP contribution in [0.15, 0.2) is 18.2 Å². The van der Waals surface area contributed by atoms with Crippen LogP contribution in [-0.2, 0) is 4.74 Å². The molecule has 0 saturated carbocycles. The van der Waals surface area contributed by atoms with Crippen molar-refractivity contribution in [2.45, 2.75) is 13.0 Å². The van der Waals surface area contributed by atoms with Crippen molar-refractivity contribution in [3.05, 3.63) is 34.6 Å². The number of hydrogen-bond donors (Lipinski definition) is 3. The molecule has 1 atom stereocenters. The lowest BCUT2D eigenvalue weighted by atomic mass is 9.89. The normalized spacial score (nSPS) is 17.7. The quantitative estimate of drug-likeness (QED) is 0.776. The predicted molar refractivity (Wildman–Crippen MR) is 76.7 cm³/mol. The predicted octanol–water partition coefficient (Wildman–Crippen LogP) is 1.85. The van der Waals surface area contributed by atoms with Gasteiger partial charge in [-0.25, -0.2) is 9.18 Å². The molecule has 0 aliphatic carbocycles. The Morgan fingerprint density at radius 3 is 2.81 bits per heavy atom. The zero-order valence-electron chi connectivity index (χ0n) is 11.7. The Balaban J connectivity index is 1.91. The van der Waals surface area contributed by atoms with Gasteiger partial charge in [0.25, 0.3) is 0 Å². The summed E-state index contributed by atoms with van der Waals surface area (Å²) in [6, 6.07) is 3.04. The number of aliphatic hydroxyl groups is 1. The van der Waals surface area contributed by atoms with Crippen LogP contribution in [-0.4, -0.2) is 37.5 Å². The Kier molecular flexibility index (Phi) is 5.03. The molecule has 1 heterocycles. The van der Waals surface area contributed by atoms with Crippen LogP contribution in [0.2, 0.25) is 5.02 Å². The van der Waals surface area contributed by atoms with Crippen molar-refractivity contribution in [3.63, 3.8) is 0 Å². The number of nitrogens with one attached hydrogen (secondary N) is 2. The molecule has 0 spiro atoms. The molecule has 2 rings (SSSR count). The van der Waals surface area contributed by atoms with E-state index < -0.39 is 17.9 Å². The van der Waals surface area contributed by atoms with Crippen molar-refractivity contribution in [1.29, 1.82) is 0 Å². The highest BCUT2D eigenvalue weighted by Gasteiger charge is 2.33. The van der Waals surface area contributed by atoms with Gasteiger partial charge in [-0.2, -0.15) is 0 Å². The first kappa shape index (κ1) is 16.0. The van der Waals surface area contributed by atoms with Gasteiger partial charge in [-0.3, -0.25) is 0 Å². The van der Waals surface area contributed by atoms with Gasteiger partial charge in [0.1, 0.15) is 5.82 Å². The number of ether oxygens (including phenoxy) is 1. The summed E-state index contributed by atoms with van der Waals surface area (Å²) in [5.74, 6) is -0.589. The third kappa shape index (κ3) is 4.06. The third-order valence-electron chi connectivity index (χ3n) is 3.41. The monoisotopic (exact) mass is 316 g/mol. The number of aliphatic hydroxyl groups excluding tert-OH is 1. The third-order valence-corrected chi connectivity index (χ3v) is 3.72. The topological polar surface area (TPSA) is 70.6 Å². The number of urea groups is 1. The molecule has 7 heteroatoms. The summed E-state index contributed by atoms with van der Waals surface area (Å²) in [4.78, 5) is 11.8. The zero-order chi connectivity index (χ0) is 15.5. The molecule has 1 aliphatic heterocycles. The lowest BCUT2D eigenvalue weighted by molar-refractivity contribution is -0.0975. The molecule has 116 valence electrons. The fourth-order valence-electron chi connectivity index (χ4n) is 2.02. The van der Waals surface area contributed by atoms with E-state index in [2.05, 4.69) is 10.6 Å². The van der Waals surface area contributed by atoms with Gasteiger partial charge in [0.15, 0.2) is 0 Å². The number of halogens is 2. The first-order chi connectivity index (χ1) is 9.93. The van der Waals surface area contributed by atoms with Crippen LogP contribution in [0.5, 0.6) is 0 Å². The number of benzene rings is 1. The second-order valence-corrected chi connectivity index (χ2v) is 5.95. The zero-order valence-corrected chi connectivity index (χ0v) is 12.4. The number of carbonyl (C=O) groups excluding carboxylic acids is 1. The van der Waals surface area contributed by atoms with Crippen LogP contribution in [0.1, 0.15) is 18.5 Å². The Bertz CT molecular complexity index is 523. The van der Waals surface area contributed by atoms with Crippen molar-refractivity contribution in [2.75, 3.05) is 26.4 Å². The minimum Gasteiger partial charge on any atom is -0.394 e. The summed E-state index contributed by atoms with van der Waals surface area (Å²) in [5, 5.41) is 14.7. The van der Waals surface area contributed by atoms with E-state index in [0.29, 0.717) is 25.3 Å². The van der Waals surface area contributed by atoms with E-state index in [4.69, 9.17) is 16.3 Å². The van der Waals surface area contributed by atoms with Gasteiger partial charge in [0.2, 0.25) is 0 Å². The molecule has 1 fully saturated rings. The maximum atomic E-state index is 13.4. The van der Waals surface area contributed by atoms with Gasteiger partial charge in [0, 0.05) is 12.0 Å². The van der Waals surface area contributed by atoms with Crippen LogP contribution in [0.4, 0.5) is 9.18 Å². The van der Waals surface area contributed by atoms with Gasteiger partial charge in [-0.05, 0) is 17.7 Å². The van der Waals surface area contributed by atoms with Crippen molar-refractivity contribution >= 4 is 17.6 Å². The van der Waals surface area contributed by atoms with E-state index in [9.17, 15) is 14.3 Å². The molecule has 1 aromatic rings. The maximum absolute atomic E-state index is 13.4. The second-order valence-electron chi connectivity index (χ2n) is 5.54. The molecule has 2 amide bonds. The van der Waals surface area contributed by atoms with Crippen molar-refractivity contribution in [1.82, 2.24) is 10.6 Å². The molecule has 0 bridgehead atoms. The van der Waals surface area contributed by atoms with Gasteiger partial charge in [-0.1, -0.05) is 24.6 Å². The SMILES string of the molecule is CC1(CNC(=O)NC(CO)c2ccc(Cl)c(F)c2)COC1. The van der Waals surface area contributed by atoms with Gasteiger partial charge in [-0.15, -0.1) is 0 Å². The smallest absolute Gasteiger partial charge is 0.315 e. The second kappa shape index (κ2) is 6.60. The van der Waals surface area contributed by atoms with Crippen LogP contribution in [0.25, 0.3) is 0 Å². The summed E-state index contributed by atoms with van der Waals surface area (Å²) in [6.07, 6.45) is 0. The summed E-state index contributed by atoms with van der Waals surface area (Å²) in [5.41, 5.74) is 0.408. The molecule has 5 nitrogen and oxygen atoms in total. The molecule has 1 unspecified atom stereocenters. The molecule has 21 heavy (non-hydrogen) atoms. The fourth-order valence-corrected chi connectivity index (χ4v) is 2.14. The number of hydrogen-bond acceptors (Lipinski definition) is 3. The molecule has 0 aromatic heterocycles. The molecule has 1 aromatic carbocycles. The number of rotatable bonds is 5. The number of carbonyl (C=O) groups is 1. The van der Waals surface area contributed by atoms with E-state index in [1.165, 1.54) is 12.1 Å². The van der Waals surface area contributed by atoms with Gasteiger partial charge >= 0.3 is 6.03 Å². The lowest BCUT2D eigenvalue weighted by Crippen LogP contribution is -2.51. The minimum absolute atomic E-state index is 0.00204. The van der Waals surface area contributed by atoms with Crippen LogP contribution < -0.4 is 10.6 Å². The highest BCUT2D eigenvalue weighted by molar-refractivity contribution is 6.30. The fraction of sp³-hybridized carbons (Fsp3) is 0.500. The summed E-state index contributed by atoms with van der Waals surface area (Å²) < 4.78 is 18.5. The molecule has 0 radical (unpaired) electrons. The molecular formula is C14H18ClFN2O3. The summed E-state index contributed by atoms with van der Waals surface area (Å²) in [6.45, 7) is 3.37. The highest BCUT2D eigenvalue weighted by Crippen LogP contribution is 2.25. The highest BCUT2D eigenvalue weighted by atomic mass is 35.5. The van der Waals surface area contributed by atoms with E-state index in [1.54, 1.807) is 6.07 Å². The average molecular weight is 317 g/mol. The standard InChI is InChI=1S/C14H18ClFN2O3/c1-14(7-21-8-14)6-17-13(20)18-12(5-19)9-2-3-10(15)11(16)4-9/h2-4,12,19H,5-8H2,1H3,(H2,17,18,20).